The van der Waals surface area contributed by atoms with Crippen LogP contribution in [0.1, 0.15) is 13.3 Å². The maximum absolute atomic E-state index is 12.5. The molecule has 0 radical (unpaired) electrons. The average Bonchev–Trinajstić information content (AvgIpc) is 3.01. The smallest absolute Gasteiger partial charge is 0.229 e. The van der Waals surface area contributed by atoms with Gasteiger partial charge in [0.25, 0.3) is 0 Å². The maximum atomic E-state index is 12.5. The van der Waals surface area contributed by atoms with Gasteiger partial charge in [0.05, 0.1) is 17.5 Å². The van der Waals surface area contributed by atoms with Gasteiger partial charge in [0.1, 0.15) is 5.75 Å². The number of carbonyl (C=O) groups is 2. The average molecular weight is 438 g/mol. The van der Waals surface area contributed by atoms with Gasteiger partial charge in [-0.25, -0.2) is 0 Å². The molecule has 26 heavy (non-hydrogen) atoms. The highest BCUT2D eigenvalue weighted by Gasteiger charge is 2.35. The third kappa shape index (κ3) is 4.19. The van der Waals surface area contributed by atoms with Crippen LogP contribution in [-0.2, 0) is 9.59 Å². The Hall–Kier alpha value is -2.05. The molecule has 2 aromatic carbocycles. The van der Waals surface area contributed by atoms with E-state index in [1.807, 2.05) is 31.2 Å². The zero-order chi connectivity index (χ0) is 18.7. The van der Waals surface area contributed by atoms with Crippen LogP contribution in [0.15, 0.2) is 46.9 Å². The fraction of sp³-hybridized carbons (Fsp3) is 0.263. The molecular formula is C19H18BrClN2O3. The zero-order valence-electron chi connectivity index (χ0n) is 14.2. The van der Waals surface area contributed by atoms with E-state index in [-0.39, 0.29) is 18.2 Å². The number of nitrogens with one attached hydrogen (secondary N) is 1. The lowest BCUT2D eigenvalue weighted by Gasteiger charge is -2.17. The number of nitrogens with zero attached hydrogens (tertiary/aromatic N) is 1. The van der Waals surface area contributed by atoms with E-state index in [0.717, 1.165) is 15.9 Å². The van der Waals surface area contributed by atoms with E-state index in [1.54, 1.807) is 23.1 Å². The SMILES string of the molecule is CCOc1ccc(N2C[C@@H](C(=O)Nc3ccc(Br)c(Cl)c3)CC2=O)cc1. The molecule has 0 unspecified atom stereocenters. The molecule has 1 N–H and O–H groups in total. The Labute approximate surface area is 165 Å². The molecule has 0 spiro atoms. The molecule has 0 aliphatic carbocycles. The van der Waals surface area contributed by atoms with Crippen molar-refractivity contribution in [3.8, 4) is 5.75 Å². The molecule has 0 bridgehead atoms. The molecule has 3 rings (SSSR count). The second kappa shape index (κ2) is 8.10. The van der Waals surface area contributed by atoms with Crippen molar-refractivity contribution in [3.05, 3.63) is 52.0 Å². The van der Waals surface area contributed by atoms with Gasteiger partial charge in [-0.1, -0.05) is 11.6 Å². The van der Waals surface area contributed by atoms with Crippen LogP contribution < -0.4 is 15.0 Å². The first-order chi connectivity index (χ1) is 12.5. The molecule has 7 heteroatoms. The van der Waals surface area contributed by atoms with E-state index < -0.39 is 5.92 Å². The van der Waals surface area contributed by atoms with Crippen LogP contribution in [-0.4, -0.2) is 25.0 Å². The third-order valence-electron chi connectivity index (χ3n) is 4.14. The van der Waals surface area contributed by atoms with Gasteiger partial charge in [-0.3, -0.25) is 9.59 Å². The summed E-state index contributed by atoms with van der Waals surface area (Å²) in [6.07, 6.45) is 0.184. The number of amides is 2. The fourth-order valence-electron chi connectivity index (χ4n) is 2.84. The van der Waals surface area contributed by atoms with Gasteiger partial charge < -0.3 is 15.0 Å². The summed E-state index contributed by atoms with van der Waals surface area (Å²) < 4.78 is 6.17. The number of hydrogen-bond donors (Lipinski definition) is 1. The molecule has 1 aliphatic rings. The van der Waals surface area contributed by atoms with Crippen molar-refractivity contribution in [1.82, 2.24) is 0 Å². The second-order valence-electron chi connectivity index (χ2n) is 5.95. The van der Waals surface area contributed by atoms with E-state index in [9.17, 15) is 9.59 Å². The predicted molar refractivity (Wildman–Crippen MR) is 106 cm³/mol. The highest BCUT2D eigenvalue weighted by molar-refractivity contribution is 9.10. The summed E-state index contributed by atoms with van der Waals surface area (Å²) in [7, 11) is 0. The lowest BCUT2D eigenvalue weighted by molar-refractivity contribution is -0.122. The van der Waals surface area contributed by atoms with Gasteiger partial charge in [-0.05, 0) is 65.3 Å². The second-order valence-corrected chi connectivity index (χ2v) is 7.21. The van der Waals surface area contributed by atoms with Gasteiger partial charge >= 0.3 is 0 Å². The summed E-state index contributed by atoms with van der Waals surface area (Å²) in [5.41, 5.74) is 1.37. The van der Waals surface area contributed by atoms with Crippen LogP contribution in [0.4, 0.5) is 11.4 Å². The number of benzene rings is 2. The molecular weight excluding hydrogens is 420 g/mol. The van der Waals surface area contributed by atoms with Crippen molar-refractivity contribution in [1.29, 1.82) is 0 Å². The summed E-state index contributed by atoms with van der Waals surface area (Å²) >= 11 is 9.36. The van der Waals surface area contributed by atoms with Crippen molar-refractivity contribution in [2.24, 2.45) is 5.92 Å². The van der Waals surface area contributed by atoms with Gasteiger partial charge in [-0.15, -0.1) is 0 Å². The van der Waals surface area contributed by atoms with Crippen molar-refractivity contribution >= 4 is 50.7 Å². The van der Waals surface area contributed by atoms with E-state index in [1.165, 1.54) is 0 Å². The van der Waals surface area contributed by atoms with E-state index in [2.05, 4.69) is 21.2 Å². The number of ether oxygens (including phenoxy) is 1. The Morgan fingerprint density at radius 3 is 2.69 bits per heavy atom. The molecule has 136 valence electrons. The molecule has 0 saturated carbocycles. The van der Waals surface area contributed by atoms with E-state index in [0.29, 0.717) is 23.9 Å². The van der Waals surface area contributed by atoms with Crippen LogP contribution in [0.3, 0.4) is 0 Å². The van der Waals surface area contributed by atoms with Crippen molar-refractivity contribution in [2.75, 3.05) is 23.4 Å². The van der Waals surface area contributed by atoms with E-state index in [4.69, 9.17) is 16.3 Å². The fourth-order valence-corrected chi connectivity index (χ4v) is 3.27. The summed E-state index contributed by atoms with van der Waals surface area (Å²) in [5, 5.41) is 3.34. The Kier molecular flexibility index (Phi) is 5.84. The summed E-state index contributed by atoms with van der Waals surface area (Å²) in [6, 6.07) is 12.5. The normalized spacial score (nSPS) is 16.7. The molecule has 2 amide bonds. The summed E-state index contributed by atoms with van der Waals surface area (Å²) in [5.74, 6) is 0.0918. The number of hydrogen-bond acceptors (Lipinski definition) is 3. The molecule has 1 atom stereocenters. The highest BCUT2D eigenvalue weighted by Crippen LogP contribution is 2.29. The van der Waals surface area contributed by atoms with Crippen LogP contribution in [0.5, 0.6) is 5.75 Å². The third-order valence-corrected chi connectivity index (χ3v) is 5.37. The number of carbonyl (C=O) groups excluding carboxylic acids is 2. The number of anilines is 2. The standard InChI is InChI=1S/C19H18BrClN2O3/c1-2-26-15-6-4-14(5-7-15)23-11-12(9-18(23)24)19(25)22-13-3-8-16(20)17(21)10-13/h3-8,10,12H,2,9,11H2,1H3,(H,22,25)/t12-/m0/s1. The van der Waals surface area contributed by atoms with Crippen LogP contribution in [0.2, 0.25) is 5.02 Å². The Bertz CT molecular complexity index is 826. The molecule has 1 heterocycles. The largest absolute Gasteiger partial charge is 0.494 e. The predicted octanol–water partition coefficient (Wildman–Crippen LogP) is 4.49. The summed E-state index contributed by atoms with van der Waals surface area (Å²) in [6.45, 7) is 2.85. The highest BCUT2D eigenvalue weighted by atomic mass is 79.9. The van der Waals surface area contributed by atoms with Crippen molar-refractivity contribution in [3.63, 3.8) is 0 Å². The van der Waals surface area contributed by atoms with Gasteiger partial charge in [0.15, 0.2) is 0 Å². The lowest BCUT2D eigenvalue weighted by atomic mass is 10.1. The minimum Gasteiger partial charge on any atom is -0.494 e. The molecule has 1 saturated heterocycles. The van der Waals surface area contributed by atoms with Gasteiger partial charge in [0.2, 0.25) is 11.8 Å². The molecule has 0 aromatic heterocycles. The number of halogens is 2. The topological polar surface area (TPSA) is 58.6 Å². The Balaban J connectivity index is 1.66. The van der Waals surface area contributed by atoms with Crippen molar-refractivity contribution in [2.45, 2.75) is 13.3 Å². The molecule has 1 aliphatic heterocycles. The van der Waals surface area contributed by atoms with Gasteiger partial charge in [0, 0.05) is 28.8 Å². The number of rotatable bonds is 5. The van der Waals surface area contributed by atoms with Gasteiger partial charge in [-0.2, -0.15) is 0 Å². The summed E-state index contributed by atoms with van der Waals surface area (Å²) in [4.78, 5) is 26.5. The quantitative estimate of drug-likeness (QED) is 0.749. The first-order valence-electron chi connectivity index (χ1n) is 8.27. The minimum absolute atomic E-state index is 0.0665. The molecule has 1 fully saturated rings. The first-order valence-corrected chi connectivity index (χ1v) is 9.44. The maximum Gasteiger partial charge on any atom is 0.229 e. The lowest BCUT2D eigenvalue weighted by Crippen LogP contribution is -2.28. The Morgan fingerprint density at radius 1 is 1.31 bits per heavy atom. The van der Waals surface area contributed by atoms with E-state index >= 15 is 0 Å². The monoisotopic (exact) mass is 436 g/mol. The minimum atomic E-state index is -0.406. The van der Waals surface area contributed by atoms with Crippen LogP contribution in [0.25, 0.3) is 0 Å². The van der Waals surface area contributed by atoms with Crippen LogP contribution >= 0.6 is 27.5 Å². The molecule has 2 aromatic rings. The van der Waals surface area contributed by atoms with Crippen molar-refractivity contribution < 1.29 is 14.3 Å². The first kappa shape index (κ1) is 18.7. The molecule has 5 nitrogen and oxygen atoms in total. The van der Waals surface area contributed by atoms with Crippen LogP contribution in [0, 0.1) is 5.92 Å². The zero-order valence-corrected chi connectivity index (χ0v) is 16.5. The Morgan fingerprint density at radius 2 is 2.04 bits per heavy atom.